The van der Waals surface area contributed by atoms with Crippen molar-refractivity contribution in [1.29, 1.82) is 0 Å². The van der Waals surface area contributed by atoms with E-state index >= 15 is 0 Å². The summed E-state index contributed by atoms with van der Waals surface area (Å²) in [7, 11) is 0. The van der Waals surface area contributed by atoms with Crippen molar-refractivity contribution in [2.75, 3.05) is 13.1 Å². The van der Waals surface area contributed by atoms with Gasteiger partial charge in [-0.25, -0.2) is 4.79 Å². The van der Waals surface area contributed by atoms with E-state index in [1.54, 1.807) is 4.90 Å². The Hall–Kier alpha value is -0.810. The van der Waals surface area contributed by atoms with Gasteiger partial charge in [0, 0.05) is 19.1 Å². The van der Waals surface area contributed by atoms with E-state index in [0.29, 0.717) is 25.9 Å². The SMILES string of the molecule is CC(C)(C)OC(=O)N1CC[C@@H](N)[C@H](O)CC1. The van der Waals surface area contributed by atoms with Gasteiger partial charge in [-0.3, -0.25) is 0 Å². The lowest BCUT2D eigenvalue weighted by Gasteiger charge is -2.26. The van der Waals surface area contributed by atoms with Gasteiger partial charge in [0.2, 0.25) is 0 Å². The molecule has 0 saturated carbocycles. The molecule has 1 fully saturated rings. The van der Waals surface area contributed by atoms with Gasteiger partial charge in [0.05, 0.1) is 6.10 Å². The van der Waals surface area contributed by atoms with E-state index in [0.717, 1.165) is 0 Å². The number of amides is 1. The van der Waals surface area contributed by atoms with E-state index in [4.69, 9.17) is 10.5 Å². The maximum absolute atomic E-state index is 11.8. The second kappa shape index (κ2) is 5.01. The Morgan fingerprint density at radius 2 is 1.94 bits per heavy atom. The first kappa shape index (κ1) is 13.3. The van der Waals surface area contributed by atoms with Crippen LogP contribution in [0.5, 0.6) is 0 Å². The summed E-state index contributed by atoms with van der Waals surface area (Å²) in [6, 6.07) is -0.243. The zero-order chi connectivity index (χ0) is 12.3. The van der Waals surface area contributed by atoms with Crippen molar-refractivity contribution in [3.05, 3.63) is 0 Å². The summed E-state index contributed by atoms with van der Waals surface area (Å²) in [5, 5.41) is 9.59. The Kier molecular flexibility index (Phi) is 4.15. The fourth-order valence-electron chi connectivity index (χ4n) is 1.62. The number of rotatable bonds is 0. The lowest BCUT2D eigenvalue weighted by atomic mass is 10.1. The number of ether oxygens (including phenoxy) is 1. The van der Waals surface area contributed by atoms with Crippen LogP contribution in [-0.4, -0.2) is 46.9 Å². The van der Waals surface area contributed by atoms with Gasteiger partial charge in [-0.1, -0.05) is 0 Å². The smallest absolute Gasteiger partial charge is 0.410 e. The van der Waals surface area contributed by atoms with Crippen LogP contribution in [0.4, 0.5) is 4.79 Å². The minimum Gasteiger partial charge on any atom is -0.444 e. The number of hydrogen-bond donors (Lipinski definition) is 2. The standard InChI is InChI=1S/C11H22N2O3/c1-11(2,3)16-10(15)13-6-4-8(12)9(14)5-7-13/h8-9,14H,4-7,12H2,1-3H3/t8-,9-/m1/s1. The van der Waals surface area contributed by atoms with E-state index in [-0.39, 0.29) is 12.1 Å². The largest absolute Gasteiger partial charge is 0.444 e. The topological polar surface area (TPSA) is 75.8 Å². The molecule has 1 aliphatic rings. The second-order valence-corrected chi connectivity index (χ2v) is 5.28. The molecular formula is C11H22N2O3. The first-order chi connectivity index (χ1) is 7.29. The molecule has 5 nitrogen and oxygen atoms in total. The third kappa shape index (κ3) is 3.98. The Morgan fingerprint density at radius 3 is 2.50 bits per heavy atom. The summed E-state index contributed by atoms with van der Waals surface area (Å²) in [5.74, 6) is 0. The Bertz CT molecular complexity index is 238. The van der Waals surface area contributed by atoms with Crippen molar-refractivity contribution >= 4 is 6.09 Å². The van der Waals surface area contributed by atoms with Gasteiger partial charge in [-0.2, -0.15) is 0 Å². The molecule has 0 aliphatic carbocycles. The first-order valence-corrected chi connectivity index (χ1v) is 5.71. The minimum atomic E-state index is -0.521. The van der Waals surface area contributed by atoms with Crippen LogP contribution in [0.1, 0.15) is 33.6 Å². The van der Waals surface area contributed by atoms with Gasteiger partial charge < -0.3 is 20.5 Å². The summed E-state index contributed by atoms with van der Waals surface area (Å²) < 4.78 is 5.27. The van der Waals surface area contributed by atoms with Crippen LogP contribution in [0.3, 0.4) is 0 Å². The van der Waals surface area contributed by atoms with Crippen molar-refractivity contribution in [3.63, 3.8) is 0 Å². The summed E-state index contributed by atoms with van der Waals surface area (Å²) >= 11 is 0. The van der Waals surface area contributed by atoms with Crippen LogP contribution in [0.25, 0.3) is 0 Å². The average Bonchev–Trinajstić information content (AvgIpc) is 2.28. The molecule has 1 heterocycles. The molecule has 5 heteroatoms. The second-order valence-electron chi connectivity index (χ2n) is 5.28. The number of nitrogens with zero attached hydrogens (tertiary/aromatic N) is 1. The molecule has 0 unspecified atom stereocenters. The summed E-state index contributed by atoms with van der Waals surface area (Å²) in [4.78, 5) is 13.4. The van der Waals surface area contributed by atoms with Gasteiger partial charge in [0.1, 0.15) is 5.60 Å². The van der Waals surface area contributed by atoms with E-state index in [9.17, 15) is 9.90 Å². The van der Waals surface area contributed by atoms with E-state index in [2.05, 4.69) is 0 Å². The number of aliphatic hydroxyl groups excluding tert-OH is 1. The molecular weight excluding hydrogens is 208 g/mol. The number of aliphatic hydroxyl groups is 1. The van der Waals surface area contributed by atoms with Crippen molar-refractivity contribution in [3.8, 4) is 0 Å². The normalized spacial score (nSPS) is 27.4. The summed E-state index contributed by atoms with van der Waals surface area (Å²) in [6.45, 7) is 6.56. The molecule has 0 aromatic carbocycles. The van der Waals surface area contributed by atoms with E-state index in [1.807, 2.05) is 20.8 Å². The van der Waals surface area contributed by atoms with Crippen molar-refractivity contribution in [1.82, 2.24) is 4.90 Å². The predicted molar refractivity (Wildman–Crippen MR) is 61.0 cm³/mol. The molecule has 1 aliphatic heterocycles. The zero-order valence-electron chi connectivity index (χ0n) is 10.3. The maximum Gasteiger partial charge on any atom is 0.410 e. The minimum absolute atomic E-state index is 0.243. The van der Waals surface area contributed by atoms with Crippen LogP contribution in [0.15, 0.2) is 0 Å². The quantitative estimate of drug-likeness (QED) is 0.642. The van der Waals surface area contributed by atoms with Crippen LogP contribution < -0.4 is 5.73 Å². The highest BCUT2D eigenvalue weighted by Gasteiger charge is 2.27. The monoisotopic (exact) mass is 230 g/mol. The first-order valence-electron chi connectivity index (χ1n) is 5.71. The van der Waals surface area contributed by atoms with Crippen LogP contribution >= 0.6 is 0 Å². The van der Waals surface area contributed by atoms with Crippen LogP contribution in [0.2, 0.25) is 0 Å². The number of carbonyl (C=O) groups excluding carboxylic acids is 1. The molecule has 0 bridgehead atoms. The molecule has 16 heavy (non-hydrogen) atoms. The summed E-state index contributed by atoms with van der Waals surface area (Å²) in [6.07, 6.45) is 0.280. The van der Waals surface area contributed by atoms with Crippen LogP contribution in [0, 0.1) is 0 Å². The zero-order valence-corrected chi connectivity index (χ0v) is 10.3. The number of hydrogen-bond acceptors (Lipinski definition) is 4. The Balaban J connectivity index is 2.51. The lowest BCUT2D eigenvalue weighted by Crippen LogP contribution is -2.37. The highest BCUT2D eigenvalue weighted by Crippen LogP contribution is 2.14. The molecule has 1 amide bonds. The van der Waals surface area contributed by atoms with Gasteiger partial charge in [-0.05, 0) is 33.6 Å². The van der Waals surface area contributed by atoms with Gasteiger partial charge in [0.15, 0.2) is 0 Å². The number of likely N-dealkylation sites (tertiary alicyclic amines) is 1. The predicted octanol–water partition coefficient (Wildman–Crippen LogP) is 0.705. The molecule has 0 aromatic rings. The maximum atomic E-state index is 11.8. The third-order valence-electron chi connectivity index (χ3n) is 2.57. The van der Waals surface area contributed by atoms with E-state index in [1.165, 1.54) is 0 Å². The fourth-order valence-corrected chi connectivity index (χ4v) is 1.62. The molecule has 3 N–H and O–H groups in total. The van der Waals surface area contributed by atoms with Crippen molar-refractivity contribution in [2.45, 2.75) is 51.4 Å². The molecule has 1 rings (SSSR count). The molecule has 0 spiro atoms. The van der Waals surface area contributed by atoms with Crippen molar-refractivity contribution < 1.29 is 14.6 Å². The molecule has 0 radical (unpaired) electrons. The van der Waals surface area contributed by atoms with Gasteiger partial charge in [0.25, 0.3) is 0 Å². The highest BCUT2D eigenvalue weighted by molar-refractivity contribution is 5.68. The van der Waals surface area contributed by atoms with Crippen LogP contribution in [-0.2, 0) is 4.74 Å². The van der Waals surface area contributed by atoms with Crippen molar-refractivity contribution in [2.24, 2.45) is 5.73 Å². The van der Waals surface area contributed by atoms with Gasteiger partial charge >= 0.3 is 6.09 Å². The van der Waals surface area contributed by atoms with E-state index < -0.39 is 11.7 Å². The van der Waals surface area contributed by atoms with Gasteiger partial charge in [-0.15, -0.1) is 0 Å². The fraction of sp³-hybridized carbons (Fsp3) is 0.909. The third-order valence-corrected chi connectivity index (χ3v) is 2.57. The highest BCUT2D eigenvalue weighted by atomic mass is 16.6. The molecule has 1 saturated heterocycles. The Labute approximate surface area is 96.6 Å². The number of carbonyl (C=O) groups is 1. The molecule has 2 atom stereocenters. The molecule has 0 aromatic heterocycles. The Morgan fingerprint density at radius 1 is 1.38 bits per heavy atom. The lowest BCUT2D eigenvalue weighted by molar-refractivity contribution is 0.0251. The summed E-state index contributed by atoms with van der Waals surface area (Å²) in [5.41, 5.74) is 5.26. The number of nitrogens with two attached hydrogens (primary N) is 1. The average molecular weight is 230 g/mol. The molecule has 94 valence electrons.